The molecule has 0 atom stereocenters. The molecule has 4 heteroatoms. The van der Waals surface area contributed by atoms with Crippen LogP contribution >= 0.6 is 15.9 Å². The van der Waals surface area contributed by atoms with Gasteiger partial charge in [0.25, 0.3) is 0 Å². The number of fused-ring (bicyclic) bond motifs is 1. The number of rotatable bonds is 3. The first kappa shape index (κ1) is 13.3. The average Bonchev–Trinajstić information content (AvgIpc) is 2.87. The predicted molar refractivity (Wildman–Crippen MR) is 85.6 cm³/mol. The monoisotopic (exact) mass is 329 g/mol. The summed E-state index contributed by atoms with van der Waals surface area (Å²) in [5, 5.41) is 0. The number of pyridine rings is 1. The molecule has 3 nitrogen and oxygen atoms in total. The fourth-order valence-electron chi connectivity index (χ4n) is 2.41. The van der Waals surface area contributed by atoms with Crippen molar-refractivity contribution in [1.29, 1.82) is 0 Å². The Kier molecular flexibility index (Phi) is 3.59. The van der Waals surface area contributed by atoms with Gasteiger partial charge in [0.15, 0.2) is 5.65 Å². The zero-order valence-corrected chi connectivity index (χ0v) is 12.9. The average molecular weight is 330 g/mol. The lowest BCUT2D eigenvalue weighted by molar-refractivity contribution is 0.960. The van der Waals surface area contributed by atoms with Gasteiger partial charge < -0.3 is 10.1 Å². The van der Waals surface area contributed by atoms with Crippen LogP contribution in [0.2, 0.25) is 0 Å². The molecule has 2 N–H and O–H groups in total. The molecule has 0 amide bonds. The second kappa shape index (κ2) is 5.38. The van der Waals surface area contributed by atoms with Crippen LogP contribution in [0.5, 0.6) is 0 Å². The van der Waals surface area contributed by atoms with Crippen molar-refractivity contribution < 1.29 is 0 Å². The van der Waals surface area contributed by atoms with Gasteiger partial charge in [0.05, 0.1) is 15.9 Å². The molecular weight excluding hydrogens is 314 g/mol. The fourth-order valence-corrected chi connectivity index (χ4v) is 2.84. The minimum absolute atomic E-state index is 0.461. The summed E-state index contributed by atoms with van der Waals surface area (Å²) in [5.74, 6) is 0. The quantitative estimate of drug-likeness (QED) is 0.794. The summed E-state index contributed by atoms with van der Waals surface area (Å²) in [6.07, 6.45) is 3.04. The lowest BCUT2D eigenvalue weighted by Crippen LogP contribution is -2.02. The summed E-state index contributed by atoms with van der Waals surface area (Å²) >= 11 is 3.54. The second-order valence-electron chi connectivity index (χ2n) is 4.71. The molecular formula is C16H16BrN3. The van der Waals surface area contributed by atoms with Crippen molar-refractivity contribution in [3.63, 3.8) is 0 Å². The molecule has 2 heterocycles. The summed E-state index contributed by atoms with van der Waals surface area (Å²) in [7, 11) is 0. The van der Waals surface area contributed by atoms with Gasteiger partial charge in [-0.3, -0.25) is 0 Å². The van der Waals surface area contributed by atoms with Crippen molar-refractivity contribution in [1.82, 2.24) is 9.38 Å². The highest BCUT2D eigenvalue weighted by molar-refractivity contribution is 9.10. The molecule has 0 radical (unpaired) electrons. The topological polar surface area (TPSA) is 43.3 Å². The van der Waals surface area contributed by atoms with E-state index in [-0.39, 0.29) is 0 Å². The molecule has 0 fully saturated rings. The molecule has 0 saturated carbocycles. The van der Waals surface area contributed by atoms with Crippen LogP contribution in [-0.4, -0.2) is 9.38 Å². The van der Waals surface area contributed by atoms with Crippen LogP contribution in [0, 0.1) is 0 Å². The first-order chi connectivity index (χ1) is 9.74. The third kappa shape index (κ3) is 2.15. The number of imidazole rings is 1. The lowest BCUT2D eigenvalue weighted by atomic mass is 10.1. The third-order valence-corrected chi connectivity index (χ3v) is 4.15. The number of hydrogen-bond acceptors (Lipinski definition) is 2. The number of hydrogen-bond donors (Lipinski definition) is 1. The number of nitrogens with two attached hydrogens (primary N) is 1. The van der Waals surface area contributed by atoms with Gasteiger partial charge in [-0.05, 0) is 40.0 Å². The zero-order chi connectivity index (χ0) is 14.1. The van der Waals surface area contributed by atoms with Crippen LogP contribution in [0.4, 0.5) is 0 Å². The van der Waals surface area contributed by atoms with Crippen LogP contribution in [0.3, 0.4) is 0 Å². The molecule has 3 rings (SSSR count). The van der Waals surface area contributed by atoms with E-state index in [1.54, 1.807) is 0 Å². The van der Waals surface area contributed by atoms with Crippen LogP contribution in [0.25, 0.3) is 16.9 Å². The van der Waals surface area contributed by atoms with Crippen LogP contribution < -0.4 is 5.73 Å². The first-order valence-electron chi connectivity index (χ1n) is 6.69. The lowest BCUT2D eigenvalue weighted by Gasteiger charge is -2.03. The van der Waals surface area contributed by atoms with Gasteiger partial charge in [-0.15, -0.1) is 0 Å². The summed E-state index contributed by atoms with van der Waals surface area (Å²) in [4.78, 5) is 4.74. The van der Waals surface area contributed by atoms with Gasteiger partial charge in [-0.2, -0.15) is 0 Å². The van der Waals surface area contributed by atoms with E-state index in [1.807, 2.05) is 22.7 Å². The van der Waals surface area contributed by atoms with Crippen molar-refractivity contribution >= 4 is 21.6 Å². The van der Waals surface area contributed by atoms with Gasteiger partial charge in [-0.1, -0.05) is 31.2 Å². The molecule has 102 valence electrons. The van der Waals surface area contributed by atoms with Crippen LogP contribution in [0.1, 0.15) is 18.2 Å². The van der Waals surface area contributed by atoms with Crippen molar-refractivity contribution in [2.75, 3.05) is 0 Å². The maximum atomic E-state index is 5.93. The third-order valence-electron chi connectivity index (χ3n) is 3.53. The Morgan fingerprint density at radius 1 is 1.20 bits per heavy atom. The summed E-state index contributed by atoms with van der Waals surface area (Å²) in [6, 6.07) is 12.5. The molecule has 1 aromatic carbocycles. The number of benzene rings is 1. The minimum Gasteiger partial charge on any atom is -0.325 e. The maximum absolute atomic E-state index is 5.93. The number of nitrogens with zero attached hydrogens (tertiary/aromatic N) is 2. The van der Waals surface area contributed by atoms with Crippen molar-refractivity contribution in [3.8, 4) is 11.3 Å². The molecule has 0 spiro atoms. The van der Waals surface area contributed by atoms with Crippen molar-refractivity contribution in [2.24, 2.45) is 5.73 Å². The number of halogens is 1. The van der Waals surface area contributed by atoms with Crippen molar-refractivity contribution in [2.45, 2.75) is 19.9 Å². The van der Waals surface area contributed by atoms with Gasteiger partial charge in [0.2, 0.25) is 0 Å². The Morgan fingerprint density at radius 2 is 1.95 bits per heavy atom. The standard InChI is InChI=1S/C16H16BrN3/c1-2-11-5-7-12(8-6-11)15-14(10-18)20-9-3-4-13(17)16(20)19-15/h3-9H,2,10,18H2,1H3. The summed E-state index contributed by atoms with van der Waals surface area (Å²) in [6.45, 7) is 2.62. The highest BCUT2D eigenvalue weighted by atomic mass is 79.9. The SMILES string of the molecule is CCc1ccc(-c2nc3c(Br)cccn3c2CN)cc1. The molecule has 0 aliphatic heterocycles. The number of aromatic nitrogens is 2. The highest BCUT2D eigenvalue weighted by Crippen LogP contribution is 2.27. The van der Waals surface area contributed by atoms with Gasteiger partial charge in [0, 0.05) is 18.3 Å². The van der Waals surface area contributed by atoms with E-state index in [0.717, 1.165) is 33.5 Å². The van der Waals surface area contributed by atoms with Crippen LogP contribution in [-0.2, 0) is 13.0 Å². The minimum atomic E-state index is 0.461. The van der Waals surface area contributed by atoms with Gasteiger partial charge in [-0.25, -0.2) is 4.98 Å². The first-order valence-corrected chi connectivity index (χ1v) is 7.48. The smallest absolute Gasteiger partial charge is 0.152 e. The molecule has 0 aliphatic rings. The fraction of sp³-hybridized carbons (Fsp3) is 0.188. The Balaban J connectivity index is 2.21. The molecule has 0 bridgehead atoms. The summed E-state index contributed by atoms with van der Waals surface area (Å²) < 4.78 is 3.03. The van der Waals surface area contributed by atoms with E-state index in [0.29, 0.717) is 6.54 Å². The van der Waals surface area contributed by atoms with E-state index in [2.05, 4.69) is 47.1 Å². The predicted octanol–water partition coefficient (Wildman–Crippen LogP) is 3.78. The van der Waals surface area contributed by atoms with Crippen molar-refractivity contribution in [3.05, 3.63) is 58.3 Å². The van der Waals surface area contributed by atoms with Gasteiger partial charge in [0.1, 0.15) is 0 Å². The molecule has 2 aromatic heterocycles. The second-order valence-corrected chi connectivity index (χ2v) is 5.57. The highest BCUT2D eigenvalue weighted by Gasteiger charge is 2.14. The molecule has 20 heavy (non-hydrogen) atoms. The van der Waals surface area contributed by atoms with Gasteiger partial charge >= 0.3 is 0 Å². The Hall–Kier alpha value is -1.65. The Morgan fingerprint density at radius 3 is 2.60 bits per heavy atom. The zero-order valence-electron chi connectivity index (χ0n) is 11.3. The maximum Gasteiger partial charge on any atom is 0.152 e. The molecule has 0 aliphatic carbocycles. The van der Waals surface area contributed by atoms with Crippen LogP contribution in [0.15, 0.2) is 47.1 Å². The number of aryl methyl sites for hydroxylation is 1. The Bertz CT molecular complexity index is 744. The molecule has 0 saturated heterocycles. The normalized spacial score (nSPS) is 11.2. The Labute approximate surface area is 126 Å². The van der Waals surface area contributed by atoms with E-state index in [1.165, 1.54) is 5.56 Å². The van der Waals surface area contributed by atoms with E-state index >= 15 is 0 Å². The van der Waals surface area contributed by atoms with E-state index in [9.17, 15) is 0 Å². The van der Waals surface area contributed by atoms with E-state index in [4.69, 9.17) is 10.7 Å². The molecule has 3 aromatic rings. The summed E-state index contributed by atoms with van der Waals surface area (Å²) in [5.41, 5.74) is 11.3. The molecule has 0 unspecified atom stereocenters. The largest absolute Gasteiger partial charge is 0.325 e. The van der Waals surface area contributed by atoms with E-state index < -0.39 is 0 Å².